The van der Waals surface area contributed by atoms with E-state index in [2.05, 4.69) is 15.1 Å². The van der Waals surface area contributed by atoms with Gasteiger partial charge in [0.1, 0.15) is 6.10 Å². The third-order valence-electron chi connectivity index (χ3n) is 8.04. The highest BCUT2D eigenvalue weighted by Crippen LogP contribution is 2.60. The first-order valence-corrected chi connectivity index (χ1v) is 11.3. The lowest BCUT2D eigenvalue weighted by molar-refractivity contribution is -0.159. The third kappa shape index (κ3) is 3.01. The van der Waals surface area contributed by atoms with E-state index in [0.29, 0.717) is 11.8 Å². The topological polar surface area (TPSA) is 55.3 Å². The summed E-state index contributed by atoms with van der Waals surface area (Å²) in [5.74, 6) is 3.52. The Morgan fingerprint density at radius 1 is 1.00 bits per heavy atom. The minimum atomic E-state index is -0.0243. The maximum Gasteiger partial charge on any atom is 0.241 e. The molecule has 2 heterocycles. The second kappa shape index (κ2) is 6.68. The Kier molecular flexibility index (Phi) is 4.07. The summed E-state index contributed by atoms with van der Waals surface area (Å²) in [6, 6.07) is 8.07. The average molecular weight is 392 g/mol. The fourth-order valence-corrected chi connectivity index (χ4v) is 7.13. The molecule has 1 aromatic heterocycles. The normalized spacial score (nSPS) is 33.9. The van der Waals surface area contributed by atoms with E-state index in [1.54, 1.807) is 6.20 Å². The lowest BCUT2D eigenvalue weighted by Gasteiger charge is -2.57. The van der Waals surface area contributed by atoms with Crippen molar-refractivity contribution in [3.63, 3.8) is 0 Å². The first-order valence-electron chi connectivity index (χ1n) is 11.3. The number of benzene rings is 1. The molecule has 0 atom stereocenters. The van der Waals surface area contributed by atoms with Crippen LogP contribution in [0.5, 0.6) is 5.88 Å². The molecule has 4 bridgehead atoms. The van der Waals surface area contributed by atoms with Crippen molar-refractivity contribution >= 4 is 16.7 Å². The molecule has 1 aliphatic heterocycles. The van der Waals surface area contributed by atoms with Gasteiger partial charge in [0, 0.05) is 36.7 Å². The highest BCUT2D eigenvalue weighted by molar-refractivity contribution is 5.86. The standard InChI is InChI=1S/C24H29N3O2/c28-23(24-12-16-9-17(13-24)11-18(10-16)14-24)27-7-5-20(6-8-27)29-22-21-4-2-1-3-19(21)15-25-26-22/h1-4,15-18,20H,5-14H2. The Balaban J connectivity index is 1.12. The number of rotatable bonds is 3. The van der Waals surface area contributed by atoms with E-state index < -0.39 is 0 Å². The number of hydrogen-bond acceptors (Lipinski definition) is 4. The van der Waals surface area contributed by atoms with E-state index in [1.165, 1.54) is 19.3 Å². The molecule has 5 fully saturated rings. The Hall–Kier alpha value is -2.17. The van der Waals surface area contributed by atoms with Gasteiger partial charge < -0.3 is 9.64 Å². The second-order valence-electron chi connectivity index (χ2n) is 10.0. The molecular weight excluding hydrogens is 362 g/mol. The largest absolute Gasteiger partial charge is 0.473 e. The van der Waals surface area contributed by atoms with Crippen LogP contribution in [0.25, 0.3) is 10.8 Å². The number of hydrogen-bond donors (Lipinski definition) is 0. The molecule has 1 aromatic carbocycles. The lowest BCUT2D eigenvalue weighted by Crippen LogP contribution is -2.56. The molecule has 29 heavy (non-hydrogen) atoms. The van der Waals surface area contributed by atoms with Gasteiger partial charge in [-0.15, -0.1) is 5.10 Å². The zero-order valence-electron chi connectivity index (χ0n) is 16.9. The minimum absolute atomic E-state index is 0.0243. The summed E-state index contributed by atoms with van der Waals surface area (Å²) in [6.45, 7) is 1.62. The number of piperidine rings is 1. The molecule has 5 heteroatoms. The molecule has 4 saturated carbocycles. The summed E-state index contributed by atoms with van der Waals surface area (Å²) >= 11 is 0. The predicted molar refractivity (Wildman–Crippen MR) is 110 cm³/mol. The van der Waals surface area contributed by atoms with Gasteiger partial charge in [-0.1, -0.05) is 18.2 Å². The summed E-state index contributed by atoms with van der Waals surface area (Å²) in [5, 5.41) is 10.4. The predicted octanol–water partition coefficient (Wildman–Crippen LogP) is 4.22. The van der Waals surface area contributed by atoms with Crippen LogP contribution in [0.1, 0.15) is 51.4 Å². The first kappa shape index (κ1) is 17.7. The third-order valence-corrected chi connectivity index (χ3v) is 8.04. The van der Waals surface area contributed by atoms with Gasteiger partial charge in [-0.05, 0) is 62.3 Å². The number of nitrogens with zero attached hydrogens (tertiary/aromatic N) is 3. The smallest absolute Gasteiger partial charge is 0.241 e. The van der Waals surface area contributed by atoms with Crippen LogP contribution in [0.4, 0.5) is 0 Å². The molecule has 0 unspecified atom stereocenters. The van der Waals surface area contributed by atoms with Crippen molar-refractivity contribution in [3.05, 3.63) is 30.5 Å². The molecule has 1 amide bonds. The summed E-state index contributed by atoms with van der Waals surface area (Å²) in [4.78, 5) is 15.7. The van der Waals surface area contributed by atoms with Crippen molar-refractivity contribution in [2.75, 3.05) is 13.1 Å². The first-order chi connectivity index (χ1) is 14.2. The maximum atomic E-state index is 13.6. The van der Waals surface area contributed by atoms with Gasteiger partial charge in [0.05, 0.1) is 11.6 Å². The highest BCUT2D eigenvalue weighted by Gasteiger charge is 2.55. The van der Waals surface area contributed by atoms with Crippen LogP contribution in [0.15, 0.2) is 30.5 Å². The molecule has 0 N–H and O–H groups in total. The number of fused-ring (bicyclic) bond motifs is 1. The Labute approximate surface area is 171 Å². The van der Waals surface area contributed by atoms with Gasteiger partial charge in [-0.25, -0.2) is 0 Å². The van der Waals surface area contributed by atoms with Crippen molar-refractivity contribution in [3.8, 4) is 5.88 Å². The average Bonchev–Trinajstić information content (AvgIpc) is 2.73. The number of likely N-dealkylation sites (tertiary alicyclic amines) is 1. The van der Waals surface area contributed by atoms with Crippen LogP contribution >= 0.6 is 0 Å². The van der Waals surface area contributed by atoms with E-state index in [1.807, 2.05) is 24.3 Å². The molecule has 0 radical (unpaired) electrons. The summed E-state index contributed by atoms with van der Waals surface area (Å²) in [6.07, 6.45) is 11.2. The Bertz CT molecular complexity index is 894. The zero-order valence-corrected chi connectivity index (χ0v) is 16.9. The minimum Gasteiger partial charge on any atom is -0.473 e. The van der Waals surface area contributed by atoms with Crippen LogP contribution < -0.4 is 4.74 Å². The summed E-state index contributed by atoms with van der Waals surface area (Å²) in [7, 11) is 0. The van der Waals surface area contributed by atoms with Crippen molar-refractivity contribution < 1.29 is 9.53 Å². The van der Waals surface area contributed by atoms with Crippen LogP contribution in [-0.2, 0) is 4.79 Å². The Morgan fingerprint density at radius 2 is 1.66 bits per heavy atom. The van der Waals surface area contributed by atoms with Crippen LogP contribution in [0, 0.1) is 23.2 Å². The number of ether oxygens (including phenoxy) is 1. The summed E-state index contributed by atoms with van der Waals surface area (Å²) < 4.78 is 6.23. The van der Waals surface area contributed by atoms with Crippen molar-refractivity contribution in [1.82, 2.24) is 15.1 Å². The molecule has 5 aliphatic rings. The van der Waals surface area contributed by atoms with Crippen LogP contribution in [0.2, 0.25) is 0 Å². The summed E-state index contributed by atoms with van der Waals surface area (Å²) in [5.41, 5.74) is -0.0243. The van der Waals surface area contributed by atoms with Gasteiger partial charge >= 0.3 is 0 Å². The molecular formula is C24H29N3O2. The van der Waals surface area contributed by atoms with E-state index >= 15 is 0 Å². The number of aromatic nitrogens is 2. The molecule has 152 valence electrons. The zero-order chi connectivity index (χ0) is 19.4. The number of amides is 1. The van der Waals surface area contributed by atoms with E-state index in [0.717, 1.165) is 73.7 Å². The van der Waals surface area contributed by atoms with Crippen molar-refractivity contribution in [2.24, 2.45) is 23.2 Å². The van der Waals surface area contributed by atoms with Crippen LogP contribution in [-0.4, -0.2) is 40.2 Å². The SMILES string of the molecule is O=C(N1CCC(Oc2nncc3ccccc23)CC1)C12CC3CC(CC(C3)C1)C2. The van der Waals surface area contributed by atoms with Gasteiger partial charge in [0.15, 0.2) is 0 Å². The molecule has 4 aliphatic carbocycles. The number of carbonyl (C=O) groups is 1. The molecule has 7 rings (SSSR count). The monoisotopic (exact) mass is 391 g/mol. The quantitative estimate of drug-likeness (QED) is 0.786. The second-order valence-corrected chi connectivity index (χ2v) is 10.0. The lowest BCUT2D eigenvalue weighted by atomic mass is 9.49. The highest BCUT2D eigenvalue weighted by atomic mass is 16.5. The van der Waals surface area contributed by atoms with Crippen molar-refractivity contribution in [1.29, 1.82) is 0 Å². The fraction of sp³-hybridized carbons (Fsp3) is 0.625. The molecule has 0 spiro atoms. The molecule has 2 aromatic rings. The number of carbonyl (C=O) groups excluding carboxylic acids is 1. The Morgan fingerprint density at radius 3 is 2.34 bits per heavy atom. The van der Waals surface area contributed by atoms with E-state index in [-0.39, 0.29) is 11.5 Å². The maximum absolute atomic E-state index is 13.6. The van der Waals surface area contributed by atoms with Gasteiger partial charge in [0.2, 0.25) is 11.8 Å². The van der Waals surface area contributed by atoms with Gasteiger partial charge in [-0.2, -0.15) is 5.10 Å². The van der Waals surface area contributed by atoms with Crippen molar-refractivity contribution in [2.45, 2.75) is 57.5 Å². The van der Waals surface area contributed by atoms with E-state index in [9.17, 15) is 4.79 Å². The molecule has 1 saturated heterocycles. The fourth-order valence-electron chi connectivity index (χ4n) is 7.13. The van der Waals surface area contributed by atoms with Gasteiger partial charge in [-0.3, -0.25) is 4.79 Å². The van der Waals surface area contributed by atoms with E-state index in [4.69, 9.17) is 4.74 Å². The molecule has 5 nitrogen and oxygen atoms in total. The van der Waals surface area contributed by atoms with Crippen LogP contribution in [0.3, 0.4) is 0 Å². The van der Waals surface area contributed by atoms with Gasteiger partial charge in [0.25, 0.3) is 0 Å².